The van der Waals surface area contributed by atoms with E-state index in [1.54, 1.807) is 18.3 Å². The lowest BCUT2D eigenvalue weighted by atomic mass is 10.4. The van der Waals surface area contributed by atoms with Gasteiger partial charge in [0.1, 0.15) is 0 Å². The van der Waals surface area contributed by atoms with Gasteiger partial charge in [-0.1, -0.05) is 22.0 Å². The molecule has 5 nitrogen and oxygen atoms in total. The molecule has 1 aromatic carbocycles. The minimum absolute atomic E-state index is 0.179. The van der Waals surface area contributed by atoms with E-state index >= 15 is 0 Å². The van der Waals surface area contributed by atoms with Gasteiger partial charge in [0.15, 0.2) is 0 Å². The van der Waals surface area contributed by atoms with Gasteiger partial charge in [0.25, 0.3) is 10.0 Å². The first-order valence-corrected chi connectivity index (χ1v) is 6.63. The Morgan fingerprint density at radius 2 is 2.19 bits per heavy atom. The highest BCUT2D eigenvalue weighted by molar-refractivity contribution is 9.10. The van der Waals surface area contributed by atoms with Crippen LogP contribution in [-0.2, 0) is 10.0 Å². The van der Waals surface area contributed by atoms with Crippen molar-refractivity contribution in [2.45, 2.75) is 4.90 Å². The molecule has 2 aromatic rings. The van der Waals surface area contributed by atoms with Crippen LogP contribution < -0.4 is 4.72 Å². The molecule has 0 aliphatic rings. The van der Waals surface area contributed by atoms with Crippen LogP contribution >= 0.6 is 15.9 Å². The molecule has 0 atom stereocenters. The number of nitrogens with one attached hydrogen (secondary N) is 2. The molecule has 7 heteroatoms. The van der Waals surface area contributed by atoms with Gasteiger partial charge in [-0.3, -0.25) is 0 Å². The third kappa shape index (κ3) is 2.42. The second-order valence-electron chi connectivity index (χ2n) is 3.00. The molecule has 1 heterocycles. The van der Waals surface area contributed by atoms with Crippen molar-refractivity contribution in [3.63, 3.8) is 0 Å². The van der Waals surface area contributed by atoms with E-state index in [1.807, 2.05) is 0 Å². The SMILES string of the molecule is O=S(=O)(Nc1ncc[nH]1)c1cccc(Br)c1. The van der Waals surface area contributed by atoms with E-state index in [-0.39, 0.29) is 10.8 Å². The number of hydrogen-bond acceptors (Lipinski definition) is 3. The van der Waals surface area contributed by atoms with Crippen LogP contribution in [0.4, 0.5) is 5.95 Å². The molecule has 84 valence electrons. The van der Waals surface area contributed by atoms with Crippen LogP contribution in [0.5, 0.6) is 0 Å². The zero-order chi connectivity index (χ0) is 11.6. The third-order valence-electron chi connectivity index (χ3n) is 1.84. The number of halogens is 1. The first-order chi connectivity index (χ1) is 7.58. The summed E-state index contributed by atoms with van der Waals surface area (Å²) in [5.74, 6) is 0.194. The normalized spacial score (nSPS) is 11.3. The maximum atomic E-state index is 11.9. The molecular formula is C9H8BrN3O2S. The lowest BCUT2D eigenvalue weighted by Crippen LogP contribution is -2.13. The van der Waals surface area contributed by atoms with E-state index in [2.05, 4.69) is 30.6 Å². The Kier molecular flexibility index (Phi) is 2.97. The maximum Gasteiger partial charge on any atom is 0.264 e. The molecule has 0 spiro atoms. The standard InChI is InChI=1S/C9H8BrN3O2S/c10-7-2-1-3-8(6-7)16(14,15)13-9-11-4-5-12-9/h1-6H,(H2,11,12,13). The topological polar surface area (TPSA) is 74.8 Å². The van der Waals surface area contributed by atoms with Crippen LogP contribution in [-0.4, -0.2) is 18.4 Å². The van der Waals surface area contributed by atoms with Gasteiger partial charge >= 0.3 is 0 Å². The van der Waals surface area contributed by atoms with Crippen LogP contribution in [0.3, 0.4) is 0 Å². The Morgan fingerprint density at radius 1 is 1.38 bits per heavy atom. The number of benzene rings is 1. The van der Waals surface area contributed by atoms with Gasteiger partial charge in [0.2, 0.25) is 5.95 Å². The summed E-state index contributed by atoms with van der Waals surface area (Å²) in [6.07, 6.45) is 3.01. The molecule has 0 saturated heterocycles. The number of rotatable bonds is 3. The van der Waals surface area contributed by atoms with Gasteiger partial charge < -0.3 is 4.98 Å². The average molecular weight is 302 g/mol. The Hall–Kier alpha value is -1.34. The number of anilines is 1. The van der Waals surface area contributed by atoms with E-state index in [1.165, 1.54) is 18.3 Å². The molecule has 0 aliphatic carbocycles. The van der Waals surface area contributed by atoms with Crippen LogP contribution in [0, 0.1) is 0 Å². The van der Waals surface area contributed by atoms with Crippen LogP contribution in [0.1, 0.15) is 0 Å². The van der Waals surface area contributed by atoms with E-state index < -0.39 is 10.0 Å². The first kappa shape index (κ1) is 11.2. The lowest BCUT2D eigenvalue weighted by molar-refractivity contribution is 0.601. The molecule has 0 aliphatic heterocycles. The smallest absolute Gasteiger partial charge is 0.264 e. The molecule has 0 fully saturated rings. The predicted octanol–water partition coefficient (Wildman–Crippen LogP) is 1.97. The van der Waals surface area contributed by atoms with Gasteiger partial charge in [-0.05, 0) is 18.2 Å². The molecule has 2 N–H and O–H groups in total. The van der Waals surface area contributed by atoms with Crippen LogP contribution in [0.15, 0.2) is 46.0 Å². The molecule has 16 heavy (non-hydrogen) atoms. The highest BCUT2D eigenvalue weighted by Crippen LogP contribution is 2.17. The number of hydrogen-bond donors (Lipinski definition) is 2. The summed E-state index contributed by atoms with van der Waals surface area (Å²) in [6.45, 7) is 0. The predicted molar refractivity (Wildman–Crippen MR) is 63.5 cm³/mol. The Morgan fingerprint density at radius 3 is 2.81 bits per heavy atom. The number of aromatic nitrogens is 2. The van der Waals surface area contributed by atoms with Gasteiger partial charge in [-0.25, -0.2) is 18.1 Å². The molecule has 0 radical (unpaired) electrons. The molecule has 2 rings (SSSR count). The summed E-state index contributed by atoms with van der Waals surface area (Å²) in [7, 11) is -3.58. The number of aromatic amines is 1. The minimum atomic E-state index is -3.58. The van der Waals surface area contributed by atoms with Gasteiger partial charge in [-0.2, -0.15) is 0 Å². The van der Waals surface area contributed by atoms with Crippen molar-refractivity contribution in [3.8, 4) is 0 Å². The van der Waals surface area contributed by atoms with Crippen LogP contribution in [0.25, 0.3) is 0 Å². The van der Waals surface area contributed by atoms with Crippen molar-refractivity contribution in [2.75, 3.05) is 4.72 Å². The zero-order valence-electron chi connectivity index (χ0n) is 8.01. The molecule has 0 amide bonds. The highest BCUT2D eigenvalue weighted by atomic mass is 79.9. The second kappa shape index (κ2) is 4.26. The van der Waals surface area contributed by atoms with Gasteiger partial charge in [0.05, 0.1) is 4.90 Å². The van der Waals surface area contributed by atoms with E-state index in [4.69, 9.17) is 0 Å². The summed E-state index contributed by atoms with van der Waals surface area (Å²) in [4.78, 5) is 6.64. The van der Waals surface area contributed by atoms with E-state index in [9.17, 15) is 8.42 Å². The highest BCUT2D eigenvalue weighted by Gasteiger charge is 2.14. The Labute approximate surface area is 101 Å². The molecule has 0 saturated carbocycles. The first-order valence-electron chi connectivity index (χ1n) is 4.36. The van der Waals surface area contributed by atoms with Gasteiger partial charge in [0, 0.05) is 16.9 Å². The molecule has 0 bridgehead atoms. The van der Waals surface area contributed by atoms with Crippen molar-refractivity contribution < 1.29 is 8.42 Å². The van der Waals surface area contributed by atoms with E-state index in [0.29, 0.717) is 4.47 Å². The fourth-order valence-electron chi connectivity index (χ4n) is 1.14. The maximum absolute atomic E-state index is 11.9. The zero-order valence-corrected chi connectivity index (χ0v) is 10.4. The quantitative estimate of drug-likeness (QED) is 0.910. The number of sulfonamides is 1. The summed E-state index contributed by atoms with van der Waals surface area (Å²) in [6, 6.07) is 6.44. The minimum Gasteiger partial charge on any atom is -0.330 e. The fraction of sp³-hybridized carbons (Fsp3) is 0. The number of imidazole rings is 1. The number of H-pyrrole nitrogens is 1. The van der Waals surface area contributed by atoms with Crippen molar-refractivity contribution in [3.05, 3.63) is 41.1 Å². The molecule has 0 unspecified atom stereocenters. The van der Waals surface area contributed by atoms with Gasteiger partial charge in [-0.15, -0.1) is 0 Å². The second-order valence-corrected chi connectivity index (χ2v) is 5.60. The third-order valence-corrected chi connectivity index (χ3v) is 3.67. The lowest BCUT2D eigenvalue weighted by Gasteiger charge is -2.05. The summed E-state index contributed by atoms with van der Waals surface area (Å²) < 4.78 is 26.7. The summed E-state index contributed by atoms with van der Waals surface area (Å²) in [5, 5.41) is 0. The Bertz CT molecular complexity index is 581. The number of nitrogens with zero attached hydrogens (tertiary/aromatic N) is 1. The monoisotopic (exact) mass is 301 g/mol. The van der Waals surface area contributed by atoms with Crippen molar-refractivity contribution in [1.29, 1.82) is 0 Å². The average Bonchev–Trinajstić information content (AvgIpc) is 2.70. The molecular weight excluding hydrogens is 294 g/mol. The Balaban J connectivity index is 2.33. The summed E-state index contributed by atoms with van der Waals surface area (Å²) in [5.41, 5.74) is 0. The summed E-state index contributed by atoms with van der Waals surface area (Å²) >= 11 is 3.22. The van der Waals surface area contributed by atoms with E-state index in [0.717, 1.165) is 0 Å². The van der Waals surface area contributed by atoms with Crippen molar-refractivity contribution >= 4 is 31.9 Å². The van der Waals surface area contributed by atoms with Crippen LogP contribution in [0.2, 0.25) is 0 Å². The van der Waals surface area contributed by atoms with Crippen molar-refractivity contribution in [2.24, 2.45) is 0 Å². The van der Waals surface area contributed by atoms with Crippen molar-refractivity contribution in [1.82, 2.24) is 9.97 Å². The molecule has 1 aromatic heterocycles. The fourth-order valence-corrected chi connectivity index (χ4v) is 2.72. The largest absolute Gasteiger partial charge is 0.330 e.